The van der Waals surface area contributed by atoms with Crippen LogP contribution in [-0.2, 0) is 32.0 Å². The van der Waals surface area contributed by atoms with E-state index in [1.54, 1.807) is 4.90 Å². The van der Waals surface area contributed by atoms with Crippen molar-refractivity contribution in [2.24, 2.45) is 0 Å². The molecule has 0 unspecified atom stereocenters. The number of rotatable bonds is 11. The van der Waals surface area contributed by atoms with Crippen LogP contribution >= 0.6 is 0 Å². The average Bonchev–Trinajstić information content (AvgIpc) is 3.62. The lowest BCUT2D eigenvalue weighted by atomic mass is 10.0. The van der Waals surface area contributed by atoms with Gasteiger partial charge >= 0.3 is 5.97 Å². The molecule has 2 saturated heterocycles. The summed E-state index contributed by atoms with van der Waals surface area (Å²) in [7, 11) is 0. The standard InChI is InChI=1S/C29H36N4O5/c34-26(32-24(29(37)38)18-21-11-5-2-6-12-21)19-22(17-20-9-3-1-4-10-20)31-27(35)25-14-8-16-33(25)28(36)23-13-7-15-30-23/h1-6,9-12,22-25,30H,7-8,13-19H2,(H,31,35)(H,32,34)(H,37,38)/t22-,23+,24+,25+/m0/s1. The van der Waals surface area contributed by atoms with Crippen molar-refractivity contribution in [1.29, 1.82) is 0 Å². The molecule has 2 aromatic rings. The number of hydrogen-bond acceptors (Lipinski definition) is 5. The van der Waals surface area contributed by atoms with Crippen LogP contribution < -0.4 is 16.0 Å². The monoisotopic (exact) mass is 520 g/mol. The number of aliphatic carboxylic acids is 1. The van der Waals surface area contributed by atoms with Gasteiger partial charge < -0.3 is 26.0 Å². The third-order valence-corrected chi connectivity index (χ3v) is 7.22. The minimum Gasteiger partial charge on any atom is -0.480 e. The van der Waals surface area contributed by atoms with E-state index < -0.39 is 30.0 Å². The SMILES string of the molecule is O=C(C[C@H](Cc1ccccc1)NC(=O)[C@H]1CCCN1C(=O)[C@H]1CCCN1)N[C@H](Cc1ccccc1)C(=O)O. The molecule has 0 aliphatic carbocycles. The molecule has 0 spiro atoms. The first-order valence-corrected chi connectivity index (χ1v) is 13.3. The zero-order chi connectivity index (χ0) is 26.9. The molecule has 2 fully saturated rings. The molecule has 202 valence electrons. The van der Waals surface area contributed by atoms with E-state index in [0.717, 1.165) is 36.9 Å². The normalized spacial score (nSPS) is 20.5. The number of carbonyl (C=O) groups excluding carboxylic acids is 3. The Hall–Kier alpha value is -3.72. The molecule has 4 N–H and O–H groups in total. The second kappa shape index (κ2) is 13.2. The molecule has 38 heavy (non-hydrogen) atoms. The van der Waals surface area contributed by atoms with Crippen molar-refractivity contribution in [3.63, 3.8) is 0 Å². The Balaban J connectivity index is 1.42. The van der Waals surface area contributed by atoms with Gasteiger partial charge in [-0.3, -0.25) is 14.4 Å². The summed E-state index contributed by atoms with van der Waals surface area (Å²) in [5.74, 6) is -1.89. The molecule has 0 radical (unpaired) electrons. The fraction of sp³-hybridized carbons (Fsp3) is 0.448. The Labute approximate surface area is 223 Å². The van der Waals surface area contributed by atoms with Gasteiger partial charge in [0.1, 0.15) is 12.1 Å². The van der Waals surface area contributed by atoms with Crippen molar-refractivity contribution in [2.45, 2.75) is 69.1 Å². The summed E-state index contributed by atoms with van der Waals surface area (Å²) >= 11 is 0. The number of nitrogens with zero attached hydrogens (tertiary/aromatic N) is 1. The molecule has 0 bridgehead atoms. The van der Waals surface area contributed by atoms with Crippen LogP contribution in [0.5, 0.6) is 0 Å². The highest BCUT2D eigenvalue weighted by molar-refractivity contribution is 5.91. The van der Waals surface area contributed by atoms with Crippen LogP contribution in [0.15, 0.2) is 60.7 Å². The van der Waals surface area contributed by atoms with Crippen LogP contribution in [0.2, 0.25) is 0 Å². The second-order valence-corrected chi connectivity index (χ2v) is 10.1. The van der Waals surface area contributed by atoms with Crippen molar-refractivity contribution in [2.75, 3.05) is 13.1 Å². The molecule has 0 saturated carbocycles. The van der Waals surface area contributed by atoms with E-state index in [4.69, 9.17) is 0 Å². The lowest BCUT2D eigenvalue weighted by Crippen LogP contribution is -2.53. The molecule has 3 amide bonds. The van der Waals surface area contributed by atoms with Gasteiger partial charge in [-0.2, -0.15) is 0 Å². The van der Waals surface area contributed by atoms with Gasteiger partial charge in [-0.1, -0.05) is 60.7 Å². The smallest absolute Gasteiger partial charge is 0.326 e. The van der Waals surface area contributed by atoms with E-state index in [1.165, 1.54) is 0 Å². The summed E-state index contributed by atoms with van der Waals surface area (Å²) in [5.41, 5.74) is 1.75. The summed E-state index contributed by atoms with van der Waals surface area (Å²) in [5, 5.41) is 18.5. The molecule has 4 rings (SSSR count). The highest BCUT2D eigenvalue weighted by Crippen LogP contribution is 2.21. The van der Waals surface area contributed by atoms with Gasteiger partial charge in [0.25, 0.3) is 0 Å². The van der Waals surface area contributed by atoms with Crippen LogP contribution in [0.3, 0.4) is 0 Å². The van der Waals surface area contributed by atoms with Crippen molar-refractivity contribution >= 4 is 23.7 Å². The number of nitrogens with one attached hydrogen (secondary N) is 3. The zero-order valence-electron chi connectivity index (χ0n) is 21.5. The number of carbonyl (C=O) groups is 4. The largest absolute Gasteiger partial charge is 0.480 e. The lowest BCUT2D eigenvalue weighted by molar-refractivity contribution is -0.142. The summed E-state index contributed by atoms with van der Waals surface area (Å²) in [6.07, 6.45) is 3.52. The van der Waals surface area contributed by atoms with Gasteiger partial charge in [0, 0.05) is 25.4 Å². The van der Waals surface area contributed by atoms with E-state index in [-0.39, 0.29) is 30.7 Å². The zero-order valence-corrected chi connectivity index (χ0v) is 21.5. The predicted molar refractivity (Wildman–Crippen MR) is 142 cm³/mol. The van der Waals surface area contributed by atoms with Gasteiger partial charge in [0.2, 0.25) is 17.7 Å². The number of likely N-dealkylation sites (tertiary alicyclic amines) is 1. The van der Waals surface area contributed by atoms with Gasteiger partial charge in [0.05, 0.1) is 6.04 Å². The van der Waals surface area contributed by atoms with E-state index in [9.17, 15) is 24.3 Å². The Morgan fingerprint density at radius 3 is 2.16 bits per heavy atom. The Morgan fingerprint density at radius 1 is 0.895 bits per heavy atom. The van der Waals surface area contributed by atoms with Crippen molar-refractivity contribution in [1.82, 2.24) is 20.9 Å². The first-order valence-electron chi connectivity index (χ1n) is 13.3. The van der Waals surface area contributed by atoms with E-state index in [2.05, 4.69) is 16.0 Å². The summed E-state index contributed by atoms with van der Waals surface area (Å²) < 4.78 is 0. The van der Waals surface area contributed by atoms with Crippen LogP contribution in [0.1, 0.15) is 43.2 Å². The van der Waals surface area contributed by atoms with Gasteiger partial charge in [-0.05, 0) is 49.8 Å². The third kappa shape index (κ3) is 7.41. The number of hydrogen-bond donors (Lipinski definition) is 4. The molecule has 9 heteroatoms. The van der Waals surface area contributed by atoms with Crippen LogP contribution in [0.4, 0.5) is 0 Å². The first kappa shape index (κ1) is 27.3. The molecule has 2 aliphatic heterocycles. The average molecular weight is 521 g/mol. The molecule has 0 aromatic heterocycles. The molecule has 9 nitrogen and oxygen atoms in total. The second-order valence-electron chi connectivity index (χ2n) is 10.1. The number of amides is 3. The van der Waals surface area contributed by atoms with Gasteiger partial charge in [-0.25, -0.2) is 4.79 Å². The highest BCUT2D eigenvalue weighted by Gasteiger charge is 2.38. The fourth-order valence-corrected chi connectivity index (χ4v) is 5.30. The van der Waals surface area contributed by atoms with Gasteiger partial charge in [0.15, 0.2) is 0 Å². The minimum absolute atomic E-state index is 0.0392. The molecular weight excluding hydrogens is 484 g/mol. The van der Waals surface area contributed by atoms with E-state index >= 15 is 0 Å². The Morgan fingerprint density at radius 2 is 1.55 bits per heavy atom. The van der Waals surface area contributed by atoms with E-state index in [1.807, 2.05) is 60.7 Å². The molecule has 4 atom stereocenters. The highest BCUT2D eigenvalue weighted by atomic mass is 16.4. The molecule has 2 aliphatic rings. The maximum Gasteiger partial charge on any atom is 0.326 e. The minimum atomic E-state index is -1.12. The summed E-state index contributed by atoms with van der Waals surface area (Å²) in [6, 6.07) is 16.2. The van der Waals surface area contributed by atoms with Crippen molar-refractivity contribution < 1.29 is 24.3 Å². The van der Waals surface area contributed by atoms with Crippen LogP contribution in [0, 0.1) is 0 Å². The molecule has 2 heterocycles. The number of carboxylic acid groups (broad SMARTS) is 1. The van der Waals surface area contributed by atoms with Crippen LogP contribution in [0.25, 0.3) is 0 Å². The van der Waals surface area contributed by atoms with Crippen molar-refractivity contribution in [3.05, 3.63) is 71.8 Å². The number of benzene rings is 2. The molecule has 2 aromatic carbocycles. The lowest BCUT2D eigenvalue weighted by Gasteiger charge is -2.28. The Kier molecular flexibility index (Phi) is 9.48. The predicted octanol–water partition coefficient (Wildman–Crippen LogP) is 1.66. The quantitative estimate of drug-likeness (QED) is 0.357. The third-order valence-electron chi connectivity index (χ3n) is 7.22. The molecular formula is C29H36N4O5. The Bertz CT molecular complexity index is 1100. The maximum absolute atomic E-state index is 13.4. The summed E-state index contributed by atoms with van der Waals surface area (Å²) in [4.78, 5) is 52.9. The first-order chi connectivity index (χ1) is 18.4. The van der Waals surface area contributed by atoms with Crippen LogP contribution in [-0.4, -0.2) is 71.0 Å². The topological polar surface area (TPSA) is 128 Å². The van der Waals surface area contributed by atoms with Gasteiger partial charge in [-0.15, -0.1) is 0 Å². The fourth-order valence-electron chi connectivity index (χ4n) is 5.30. The maximum atomic E-state index is 13.4. The summed E-state index contributed by atoms with van der Waals surface area (Å²) in [6.45, 7) is 1.34. The van der Waals surface area contributed by atoms with Crippen molar-refractivity contribution in [3.8, 4) is 0 Å². The number of carboxylic acids is 1. The van der Waals surface area contributed by atoms with E-state index in [0.29, 0.717) is 19.4 Å².